The Morgan fingerprint density at radius 2 is 2.10 bits per heavy atom. The van der Waals surface area contributed by atoms with Crippen LogP contribution in [0.3, 0.4) is 0 Å². The minimum absolute atomic E-state index is 0.0524. The average Bonchev–Trinajstić information content (AvgIpc) is 3.09. The van der Waals surface area contributed by atoms with E-state index in [9.17, 15) is 0 Å². The SMILES string of the molecule is CC(C)(C)c1cc2c(NCCNC3CC3)nccn2n1. The van der Waals surface area contributed by atoms with Crippen molar-refractivity contribution in [1.82, 2.24) is 19.9 Å². The van der Waals surface area contributed by atoms with E-state index in [2.05, 4.69) is 47.6 Å². The molecular formula is C15H23N5. The summed E-state index contributed by atoms with van der Waals surface area (Å²) >= 11 is 0. The van der Waals surface area contributed by atoms with Gasteiger partial charge in [-0.3, -0.25) is 0 Å². The fourth-order valence-corrected chi connectivity index (χ4v) is 2.17. The molecule has 0 aliphatic heterocycles. The first-order valence-electron chi connectivity index (χ1n) is 7.36. The highest BCUT2D eigenvalue weighted by Gasteiger charge is 2.20. The predicted octanol–water partition coefficient (Wildman–Crippen LogP) is 2.19. The lowest BCUT2D eigenvalue weighted by atomic mass is 9.92. The van der Waals surface area contributed by atoms with Crippen molar-refractivity contribution in [3.8, 4) is 0 Å². The first-order chi connectivity index (χ1) is 9.54. The van der Waals surface area contributed by atoms with Gasteiger partial charge in [0.05, 0.1) is 5.69 Å². The minimum Gasteiger partial charge on any atom is -0.367 e. The lowest BCUT2D eigenvalue weighted by molar-refractivity contribution is 0.562. The van der Waals surface area contributed by atoms with Gasteiger partial charge in [0.2, 0.25) is 0 Å². The molecule has 1 aliphatic carbocycles. The number of aromatic nitrogens is 3. The van der Waals surface area contributed by atoms with Gasteiger partial charge in [0.25, 0.3) is 0 Å². The summed E-state index contributed by atoms with van der Waals surface area (Å²) in [4.78, 5) is 4.43. The molecule has 108 valence electrons. The van der Waals surface area contributed by atoms with Gasteiger partial charge < -0.3 is 10.6 Å². The van der Waals surface area contributed by atoms with Crippen molar-refractivity contribution in [2.75, 3.05) is 18.4 Å². The summed E-state index contributed by atoms with van der Waals surface area (Å²) in [5, 5.41) is 11.5. The van der Waals surface area contributed by atoms with Crippen LogP contribution in [0.5, 0.6) is 0 Å². The summed E-state index contributed by atoms with van der Waals surface area (Å²) < 4.78 is 1.91. The van der Waals surface area contributed by atoms with E-state index in [1.165, 1.54) is 12.8 Å². The Morgan fingerprint density at radius 3 is 2.80 bits per heavy atom. The van der Waals surface area contributed by atoms with Gasteiger partial charge >= 0.3 is 0 Å². The smallest absolute Gasteiger partial charge is 0.152 e. The molecule has 0 aromatic carbocycles. The zero-order valence-corrected chi connectivity index (χ0v) is 12.5. The third kappa shape index (κ3) is 2.93. The Kier molecular flexibility index (Phi) is 3.38. The monoisotopic (exact) mass is 273 g/mol. The van der Waals surface area contributed by atoms with Crippen LogP contribution in [-0.2, 0) is 5.41 Å². The van der Waals surface area contributed by atoms with E-state index in [-0.39, 0.29) is 5.41 Å². The Bertz CT molecular complexity index is 592. The fourth-order valence-electron chi connectivity index (χ4n) is 2.17. The van der Waals surface area contributed by atoms with E-state index in [1.807, 2.05) is 10.7 Å². The second kappa shape index (κ2) is 5.05. The predicted molar refractivity (Wildman–Crippen MR) is 81.2 cm³/mol. The second-order valence-corrected chi connectivity index (χ2v) is 6.54. The lowest BCUT2D eigenvalue weighted by Gasteiger charge is -2.13. The summed E-state index contributed by atoms with van der Waals surface area (Å²) in [5.41, 5.74) is 2.19. The Labute approximate surface area is 119 Å². The number of rotatable bonds is 5. The van der Waals surface area contributed by atoms with Gasteiger partial charge in [-0.05, 0) is 18.9 Å². The molecule has 0 saturated heterocycles. The van der Waals surface area contributed by atoms with Crippen molar-refractivity contribution in [1.29, 1.82) is 0 Å². The maximum absolute atomic E-state index is 4.63. The number of nitrogens with zero attached hydrogens (tertiary/aromatic N) is 3. The van der Waals surface area contributed by atoms with Gasteiger partial charge in [0.1, 0.15) is 5.52 Å². The minimum atomic E-state index is 0.0524. The topological polar surface area (TPSA) is 54.2 Å². The summed E-state index contributed by atoms with van der Waals surface area (Å²) in [6.07, 6.45) is 6.35. The summed E-state index contributed by atoms with van der Waals surface area (Å²) in [7, 11) is 0. The molecular weight excluding hydrogens is 250 g/mol. The molecule has 2 heterocycles. The molecule has 0 atom stereocenters. The van der Waals surface area contributed by atoms with Gasteiger partial charge in [0, 0.05) is 36.9 Å². The molecule has 0 spiro atoms. The lowest BCUT2D eigenvalue weighted by Crippen LogP contribution is -2.24. The highest BCUT2D eigenvalue weighted by atomic mass is 15.2. The highest BCUT2D eigenvalue weighted by Crippen LogP contribution is 2.24. The van der Waals surface area contributed by atoms with Gasteiger partial charge in [-0.15, -0.1) is 0 Å². The zero-order chi connectivity index (χ0) is 14.2. The molecule has 2 aromatic heterocycles. The van der Waals surface area contributed by atoms with Gasteiger partial charge in [-0.25, -0.2) is 9.50 Å². The van der Waals surface area contributed by atoms with E-state index in [1.54, 1.807) is 6.20 Å². The standard InChI is InChI=1S/C15H23N5/c1-15(2,3)13-10-12-14(18-8-9-20(12)19-13)17-7-6-16-11-4-5-11/h8-11,16H,4-7H2,1-3H3,(H,17,18). The molecule has 1 saturated carbocycles. The molecule has 5 heteroatoms. The van der Waals surface area contributed by atoms with Crippen LogP contribution in [0.4, 0.5) is 5.82 Å². The van der Waals surface area contributed by atoms with Crippen LogP contribution in [0.1, 0.15) is 39.3 Å². The molecule has 0 amide bonds. The highest BCUT2D eigenvalue weighted by molar-refractivity contribution is 5.68. The molecule has 0 radical (unpaired) electrons. The summed E-state index contributed by atoms with van der Waals surface area (Å²) in [6.45, 7) is 8.39. The number of anilines is 1. The third-order valence-corrected chi connectivity index (χ3v) is 3.59. The third-order valence-electron chi connectivity index (χ3n) is 3.59. The molecule has 0 unspecified atom stereocenters. The largest absolute Gasteiger partial charge is 0.367 e. The molecule has 20 heavy (non-hydrogen) atoms. The molecule has 0 bridgehead atoms. The van der Waals surface area contributed by atoms with Gasteiger partial charge in [0.15, 0.2) is 5.82 Å². The van der Waals surface area contributed by atoms with Crippen molar-refractivity contribution in [3.05, 3.63) is 24.2 Å². The number of hydrogen-bond acceptors (Lipinski definition) is 4. The van der Waals surface area contributed by atoms with E-state index in [0.29, 0.717) is 0 Å². The zero-order valence-electron chi connectivity index (χ0n) is 12.5. The molecule has 2 aromatic rings. The number of hydrogen-bond donors (Lipinski definition) is 2. The van der Waals surface area contributed by atoms with Crippen molar-refractivity contribution in [3.63, 3.8) is 0 Å². The molecule has 1 aliphatic rings. The maximum Gasteiger partial charge on any atom is 0.152 e. The normalized spacial score (nSPS) is 15.8. The van der Waals surface area contributed by atoms with Crippen LogP contribution in [0.25, 0.3) is 5.52 Å². The fraction of sp³-hybridized carbons (Fsp3) is 0.600. The molecule has 2 N–H and O–H groups in total. The number of nitrogens with one attached hydrogen (secondary N) is 2. The molecule has 3 rings (SSSR count). The second-order valence-electron chi connectivity index (χ2n) is 6.54. The Morgan fingerprint density at radius 1 is 1.30 bits per heavy atom. The van der Waals surface area contributed by atoms with Crippen LogP contribution in [-0.4, -0.2) is 33.7 Å². The van der Waals surface area contributed by atoms with Crippen molar-refractivity contribution >= 4 is 11.3 Å². The van der Waals surface area contributed by atoms with Crippen LogP contribution >= 0.6 is 0 Å². The summed E-state index contributed by atoms with van der Waals surface area (Å²) in [5.74, 6) is 0.910. The first-order valence-corrected chi connectivity index (χ1v) is 7.36. The first kappa shape index (κ1) is 13.4. The molecule has 5 nitrogen and oxygen atoms in total. The number of fused-ring (bicyclic) bond motifs is 1. The van der Waals surface area contributed by atoms with E-state index < -0.39 is 0 Å². The Hall–Kier alpha value is -1.62. The summed E-state index contributed by atoms with van der Waals surface area (Å²) in [6, 6.07) is 2.88. The van der Waals surface area contributed by atoms with Crippen LogP contribution < -0.4 is 10.6 Å². The van der Waals surface area contributed by atoms with E-state index >= 15 is 0 Å². The molecule has 1 fully saturated rings. The van der Waals surface area contributed by atoms with Crippen molar-refractivity contribution in [2.45, 2.75) is 45.1 Å². The quantitative estimate of drug-likeness (QED) is 0.820. The Balaban J connectivity index is 1.73. The van der Waals surface area contributed by atoms with E-state index in [0.717, 1.165) is 36.2 Å². The van der Waals surface area contributed by atoms with Crippen LogP contribution in [0.15, 0.2) is 18.5 Å². The van der Waals surface area contributed by atoms with Crippen LogP contribution in [0.2, 0.25) is 0 Å². The maximum atomic E-state index is 4.63. The van der Waals surface area contributed by atoms with E-state index in [4.69, 9.17) is 0 Å². The van der Waals surface area contributed by atoms with Crippen LogP contribution in [0, 0.1) is 0 Å². The van der Waals surface area contributed by atoms with Gasteiger partial charge in [-0.2, -0.15) is 5.10 Å². The average molecular weight is 273 g/mol. The van der Waals surface area contributed by atoms with Crippen molar-refractivity contribution in [2.24, 2.45) is 0 Å². The van der Waals surface area contributed by atoms with Crippen molar-refractivity contribution < 1.29 is 0 Å². The van der Waals surface area contributed by atoms with Gasteiger partial charge in [-0.1, -0.05) is 20.8 Å².